The summed E-state index contributed by atoms with van der Waals surface area (Å²) >= 11 is 0. The first-order chi connectivity index (χ1) is 13.9. The van der Waals surface area contributed by atoms with Gasteiger partial charge in [-0.05, 0) is 78.6 Å². The zero-order chi connectivity index (χ0) is 20.6. The number of nitrogens with zero attached hydrogens (tertiary/aromatic N) is 1. The summed E-state index contributed by atoms with van der Waals surface area (Å²) in [5.41, 5.74) is 3.71. The Bertz CT molecular complexity index is 842. The first kappa shape index (κ1) is 20.5. The van der Waals surface area contributed by atoms with Crippen molar-refractivity contribution in [1.29, 1.82) is 0 Å². The molecule has 1 heterocycles. The normalized spacial score (nSPS) is 25.5. The Morgan fingerprint density at radius 1 is 1.10 bits per heavy atom. The number of aliphatic hydroxyl groups excluding tert-OH is 1. The van der Waals surface area contributed by atoms with E-state index in [0.29, 0.717) is 18.9 Å². The second kappa shape index (κ2) is 8.17. The molecule has 2 aliphatic rings. The van der Waals surface area contributed by atoms with Gasteiger partial charge in [0.1, 0.15) is 5.82 Å². The summed E-state index contributed by atoms with van der Waals surface area (Å²) in [7, 11) is 0. The molecule has 4 rings (SSSR count). The van der Waals surface area contributed by atoms with E-state index >= 15 is 0 Å². The lowest BCUT2D eigenvalue weighted by molar-refractivity contribution is -0.0500. The van der Waals surface area contributed by atoms with Crippen LogP contribution in [0.3, 0.4) is 0 Å². The molecular weight excluding hydrogens is 365 g/mol. The number of hydrogen-bond donors (Lipinski definition) is 2. The number of benzene rings is 2. The summed E-state index contributed by atoms with van der Waals surface area (Å²) in [6.45, 7) is 7.07. The number of aliphatic hydroxyl groups is 2. The molecule has 0 spiro atoms. The van der Waals surface area contributed by atoms with E-state index in [0.717, 1.165) is 37.1 Å². The van der Waals surface area contributed by atoms with Crippen LogP contribution in [0.25, 0.3) is 0 Å². The molecule has 0 aromatic heterocycles. The van der Waals surface area contributed by atoms with Gasteiger partial charge in [-0.2, -0.15) is 0 Å². The van der Waals surface area contributed by atoms with Crippen molar-refractivity contribution in [1.82, 2.24) is 4.90 Å². The van der Waals surface area contributed by atoms with Crippen LogP contribution < -0.4 is 0 Å². The third kappa shape index (κ3) is 3.86. The zero-order valence-corrected chi connectivity index (χ0v) is 17.4. The second-order valence-electron chi connectivity index (χ2n) is 9.07. The third-order valence-electron chi connectivity index (χ3n) is 7.05. The van der Waals surface area contributed by atoms with E-state index in [1.807, 2.05) is 12.1 Å². The molecule has 0 saturated carbocycles. The maximum absolute atomic E-state index is 13.5. The summed E-state index contributed by atoms with van der Waals surface area (Å²) in [5, 5.41) is 21.3. The van der Waals surface area contributed by atoms with Crippen molar-refractivity contribution in [2.24, 2.45) is 5.92 Å². The average Bonchev–Trinajstić information content (AvgIpc) is 3.03. The van der Waals surface area contributed by atoms with E-state index in [9.17, 15) is 14.6 Å². The van der Waals surface area contributed by atoms with Crippen molar-refractivity contribution in [3.8, 4) is 0 Å². The molecule has 1 aliphatic carbocycles. The van der Waals surface area contributed by atoms with E-state index < -0.39 is 5.60 Å². The molecule has 1 saturated heterocycles. The van der Waals surface area contributed by atoms with E-state index in [1.54, 1.807) is 0 Å². The van der Waals surface area contributed by atoms with E-state index in [1.165, 1.54) is 23.3 Å². The average molecular weight is 398 g/mol. The van der Waals surface area contributed by atoms with Crippen LogP contribution in [0.2, 0.25) is 0 Å². The largest absolute Gasteiger partial charge is 0.395 e. The lowest BCUT2D eigenvalue weighted by Crippen LogP contribution is -2.43. The van der Waals surface area contributed by atoms with Crippen LogP contribution in [-0.2, 0) is 5.60 Å². The van der Waals surface area contributed by atoms with Crippen LogP contribution >= 0.6 is 0 Å². The van der Waals surface area contributed by atoms with Crippen LogP contribution in [-0.4, -0.2) is 41.4 Å². The number of β-amino-alcohol motifs (C(OH)–C–C–N with tert-alkyl or cyclic N) is 1. The van der Waals surface area contributed by atoms with Gasteiger partial charge in [-0.1, -0.05) is 44.2 Å². The topological polar surface area (TPSA) is 43.7 Å². The van der Waals surface area contributed by atoms with Crippen LogP contribution in [0.5, 0.6) is 0 Å². The molecule has 0 radical (unpaired) electrons. The molecule has 0 bridgehead atoms. The molecule has 2 aromatic rings. The smallest absolute Gasteiger partial charge is 0.123 e. The number of halogens is 1. The maximum atomic E-state index is 13.5. The molecule has 0 amide bonds. The van der Waals surface area contributed by atoms with Crippen molar-refractivity contribution < 1.29 is 14.6 Å². The Morgan fingerprint density at radius 3 is 2.41 bits per heavy atom. The lowest BCUT2D eigenvalue weighted by Gasteiger charge is -2.40. The Labute approximate surface area is 173 Å². The van der Waals surface area contributed by atoms with Gasteiger partial charge in [-0.25, -0.2) is 4.39 Å². The molecule has 3 nitrogen and oxygen atoms in total. The van der Waals surface area contributed by atoms with Crippen LogP contribution in [0.4, 0.5) is 4.39 Å². The van der Waals surface area contributed by atoms with Gasteiger partial charge in [0, 0.05) is 12.5 Å². The lowest BCUT2D eigenvalue weighted by atomic mass is 9.75. The number of hydrogen-bond acceptors (Lipinski definition) is 3. The summed E-state index contributed by atoms with van der Waals surface area (Å²) < 4.78 is 13.5. The summed E-state index contributed by atoms with van der Waals surface area (Å²) in [4.78, 5) is 2.28. The fourth-order valence-corrected chi connectivity index (χ4v) is 5.30. The van der Waals surface area contributed by atoms with E-state index in [2.05, 4.69) is 36.9 Å². The summed E-state index contributed by atoms with van der Waals surface area (Å²) in [6.07, 6.45) is 2.51. The van der Waals surface area contributed by atoms with Crippen LogP contribution in [0.1, 0.15) is 67.2 Å². The van der Waals surface area contributed by atoms with Gasteiger partial charge in [0.2, 0.25) is 0 Å². The summed E-state index contributed by atoms with van der Waals surface area (Å²) in [5.74, 6) is 0.464. The molecule has 1 aliphatic heterocycles. The first-order valence-electron chi connectivity index (χ1n) is 10.9. The van der Waals surface area contributed by atoms with E-state index in [4.69, 9.17) is 0 Å². The minimum absolute atomic E-state index is 0.0901. The minimum Gasteiger partial charge on any atom is -0.395 e. The molecule has 29 heavy (non-hydrogen) atoms. The molecule has 2 unspecified atom stereocenters. The van der Waals surface area contributed by atoms with Gasteiger partial charge < -0.3 is 15.1 Å². The molecular formula is C25H32FNO2. The van der Waals surface area contributed by atoms with Gasteiger partial charge in [0.15, 0.2) is 0 Å². The predicted molar refractivity (Wildman–Crippen MR) is 114 cm³/mol. The van der Waals surface area contributed by atoms with Gasteiger partial charge in [0.05, 0.1) is 12.2 Å². The second-order valence-corrected chi connectivity index (χ2v) is 9.07. The Kier molecular flexibility index (Phi) is 5.78. The fourth-order valence-electron chi connectivity index (χ4n) is 5.30. The number of fused-ring (bicyclic) bond motifs is 1. The standard InChI is InChI=1S/C25H32FNO2/c1-17(2)19-5-8-22-23(18-3-6-21(26)7-4-18)16-25(29,24(22)15-19)20-9-11-27(12-10-20)13-14-28/h3-8,15,17,20,23,28-29H,9-14,16H2,1-2H3. The molecule has 1 fully saturated rings. The quantitative estimate of drug-likeness (QED) is 0.787. The highest BCUT2D eigenvalue weighted by Crippen LogP contribution is 2.53. The van der Waals surface area contributed by atoms with Crippen molar-refractivity contribution >= 4 is 0 Å². The molecule has 2 atom stereocenters. The maximum Gasteiger partial charge on any atom is 0.123 e. The number of rotatable bonds is 5. The Balaban J connectivity index is 1.70. The highest BCUT2D eigenvalue weighted by Gasteiger charge is 2.48. The predicted octanol–water partition coefficient (Wildman–Crippen LogP) is 4.38. The molecule has 2 N–H and O–H groups in total. The van der Waals surface area contributed by atoms with Gasteiger partial charge in [0.25, 0.3) is 0 Å². The number of likely N-dealkylation sites (tertiary alicyclic amines) is 1. The van der Waals surface area contributed by atoms with Crippen LogP contribution in [0, 0.1) is 11.7 Å². The van der Waals surface area contributed by atoms with Crippen molar-refractivity contribution in [3.63, 3.8) is 0 Å². The van der Waals surface area contributed by atoms with Gasteiger partial charge >= 0.3 is 0 Å². The molecule has 4 heteroatoms. The van der Waals surface area contributed by atoms with Crippen molar-refractivity contribution in [3.05, 3.63) is 70.5 Å². The monoisotopic (exact) mass is 397 g/mol. The number of piperidine rings is 1. The molecule has 2 aromatic carbocycles. The minimum atomic E-state index is -0.857. The fraction of sp³-hybridized carbons (Fsp3) is 0.520. The summed E-state index contributed by atoms with van der Waals surface area (Å²) in [6, 6.07) is 13.3. The SMILES string of the molecule is CC(C)c1ccc2c(c1)C(O)(C1CCN(CCO)CC1)CC2c1ccc(F)cc1. The van der Waals surface area contributed by atoms with Crippen molar-refractivity contribution in [2.45, 2.75) is 50.5 Å². The molecule has 156 valence electrons. The van der Waals surface area contributed by atoms with Crippen LogP contribution in [0.15, 0.2) is 42.5 Å². The Hall–Kier alpha value is -1.75. The first-order valence-corrected chi connectivity index (χ1v) is 10.9. The highest BCUT2D eigenvalue weighted by atomic mass is 19.1. The van der Waals surface area contributed by atoms with Gasteiger partial charge in [-0.3, -0.25) is 0 Å². The van der Waals surface area contributed by atoms with Crippen molar-refractivity contribution in [2.75, 3.05) is 26.2 Å². The highest BCUT2D eigenvalue weighted by molar-refractivity contribution is 5.49. The van der Waals surface area contributed by atoms with E-state index in [-0.39, 0.29) is 24.3 Å². The zero-order valence-electron chi connectivity index (χ0n) is 17.4. The Morgan fingerprint density at radius 2 is 1.79 bits per heavy atom. The van der Waals surface area contributed by atoms with Gasteiger partial charge in [-0.15, -0.1) is 0 Å². The third-order valence-corrected chi connectivity index (χ3v) is 7.05.